The molecule has 0 atom stereocenters. The summed E-state index contributed by atoms with van der Waals surface area (Å²) in [6.07, 6.45) is 6.37. The number of aryl methyl sites for hydroxylation is 1. The molecule has 0 radical (unpaired) electrons. The van der Waals surface area contributed by atoms with Crippen LogP contribution in [0.1, 0.15) is 48.0 Å². The molecule has 1 saturated carbocycles. The molecule has 0 saturated heterocycles. The molecule has 1 aliphatic carbocycles. The van der Waals surface area contributed by atoms with E-state index in [4.69, 9.17) is 0 Å². The maximum absolute atomic E-state index is 12.1. The quantitative estimate of drug-likeness (QED) is 0.826. The molecule has 2 rings (SSSR count). The lowest BCUT2D eigenvalue weighted by Gasteiger charge is -2.35. The number of amides is 1. The van der Waals surface area contributed by atoms with Gasteiger partial charge in [-0.25, -0.2) is 0 Å². The molecule has 1 aromatic heterocycles. The Labute approximate surface area is 121 Å². The third-order valence-electron chi connectivity index (χ3n) is 3.92. The van der Waals surface area contributed by atoms with Crippen LogP contribution in [0.15, 0.2) is 10.8 Å². The van der Waals surface area contributed by atoms with E-state index < -0.39 is 0 Å². The minimum Gasteiger partial charge on any atom is -0.351 e. The van der Waals surface area contributed by atoms with Crippen molar-refractivity contribution in [3.05, 3.63) is 21.9 Å². The molecule has 1 aliphatic rings. The number of hydrogen-bond donors (Lipinski definition) is 1. The van der Waals surface area contributed by atoms with Crippen LogP contribution in [0.5, 0.6) is 0 Å². The Morgan fingerprint density at radius 2 is 2.11 bits per heavy atom. The van der Waals surface area contributed by atoms with Crippen LogP contribution >= 0.6 is 27.3 Å². The summed E-state index contributed by atoms with van der Waals surface area (Å²) < 4.78 is 0. The molecule has 1 aromatic rings. The zero-order valence-electron chi connectivity index (χ0n) is 10.8. The van der Waals surface area contributed by atoms with E-state index in [-0.39, 0.29) is 11.3 Å². The van der Waals surface area contributed by atoms with Crippen LogP contribution in [0.25, 0.3) is 0 Å². The van der Waals surface area contributed by atoms with Crippen LogP contribution in [0.2, 0.25) is 0 Å². The Morgan fingerprint density at radius 1 is 1.39 bits per heavy atom. The molecule has 1 heterocycles. The summed E-state index contributed by atoms with van der Waals surface area (Å²) in [5.74, 6) is 0.0830. The van der Waals surface area contributed by atoms with Gasteiger partial charge < -0.3 is 5.32 Å². The molecule has 100 valence electrons. The predicted molar refractivity (Wildman–Crippen MR) is 80.7 cm³/mol. The fraction of sp³-hybridized carbons (Fsp3) is 0.643. The van der Waals surface area contributed by atoms with Gasteiger partial charge in [0.2, 0.25) is 0 Å². The van der Waals surface area contributed by atoms with Crippen molar-refractivity contribution in [3.8, 4) is 0 Å². The van der Waals surface area contributed by atoms with Crippen molar-refractivity contribution in [1.29, 1.82) is 0 Å². The monoisotopic (exact) mass is 329 g/mol. The summed E-state index contributed by atoms with van der Waals surface area (Å²) in [6.45, 7) is 2.79. The summed E-state index contributed by atoms with van der Waals surface area (Å²) in [4.78, 5) is 12.1. The van der Waals surface area contributed by atoms with E-state index in [1.807, 2.05) is 17.7 Å². The van der Waals surface area contributed by atoms with Gasteiger partial charge in [-0.1, -0.05) is 35.2 Å². The summed E-state index contributed by atoms with van der Waals surface area (Å²) in [5.41, 5.74) is 2.19. The minimum absolute atomic E-state index is 0.0830. The van der Waals surface area contributed by atoms with Gasteiger partial charge in [0.1, 0.15) is 0 Å². The first-order chi connectivity index (χ1) is 8.67. The number of carbonyl (C=O) groups excluding carboxylic acids is 1. The van der Waals surface area contributed by atoms with Gasteiger partial charge in [0.15, 0.2) is 0 Å². The zero-order valence-corrected chi connectivity index (χ0v) is 13.2. The number of halogens is 1. The Balaban J connectivity index is 1.94. The fourth-order valence-corrected chi connectivity index (χ4v) is 4.20. The highest BCUT2D eigenvalue weighted by Crippen LogP contribution is 2.37. The first kappa shape index (κ1) is 14.1. The van der Waals surface area contributed by atoms with Crippen LogP contribution < -0.4 is 5.32 Å². The minimum atomic E-state index is 0.0830. The summed E-state index contributed by atoms with van der Waals surface area (Å²) in [7, 11) is 0. The van der Waals surface area contributed by atoms with Gasteiger partial charge in [-0.2, -0.15) is 11.3 Å². The molecule has 2 nitrogen and oxygen atoms in total. The van der Waals surface area contributed by atoms with Crippen molar-refractivity contribution in [1.82, 2.24) is 5.32 Å². The average Bonchev–Trinajstić information content (AvgIpc) is 2.83. The van der Waals surface area contributed by atoms with E-state index in [1.54, 1.807) is 11.3 Å². The normalized spacial score (nSPS) is 18.6. The van der Waals surface area contributed by atoms with Crippen molar-refractivity contribution in [3.63, 3.8) is 0 Å². The van der Waals surface area contributed by atoms with E-state index in [2.05, 4.69) is 21.2 Å². The average molecular weight is 330 g/mol. The SMILES string of the molecule is Cc1cscc1C(=O)NCC1(CBr)CCCCC1. The molecule has 0 aliphatic heterocycles. The molecular formula is C14H20BrNOS. The molecule has 0 bridgehead atoms. The largest absolute Gasteiger partial charge is 0.351 e. The molecule has 0 spiro atoms. The van der Waals surface area contributed by atoms with Crippen LogP contribution in [-0.2, 0) is 0 Å². The van der Waals surface area contributed by atoms with E-state index >= 15 is 0 Å². The fourth-order valence-electron chi connectivity index (χ4n) is 2.62. The van der Waals surface area contributed by atoms with Crippen molar-refractivity contribution < 1.29 is 4.79 Å². The number of alkyl halides is 1. The molecule has 18 heavy (non-hydrogen) atoms. The zero-order chi connectivity index (χ0) is 13.0. The van der Waals surface area contributed by atoms with Gasteiger partial charge >= 0.3 is 0 Å². The molecule has 0 aromatic carbocycles. The molecule has 1 fully saturated rings. The number of rotatable bonds is 4. The van der Waals surface area contributed by atoms with Gasteiger partial charge in [-0.15, -0.1) is 0 Å². The second-order valence-electron chi connectivity index (χ2n) is 5.35. The van der Waals surface area contributed by atoms with Gasteiger partial charge in [-0.3, -0.25) is 4.79 Å². The number of nitrogens with one attached hydrogen (secondary N) is 1. The van der Waals surface area contributed by atoms with E-state index in [9.17, 15) is 4.79 Å². The molecule has 0 unspecified atom stereocenters. The van der Waals surface area contributed by atoms with E-state index in [0.29, 0.717) is 0 Å². The Bertz CT molecular complexity index is 410. The first-order valence-electron chi connectivity index (χ1n) is 6.54. The Kier molecular flexibility index (Phi) is 4.84. The van der Waals surface area contributed by atoms with Gasteiger partial charge in [0.05, 0.1) is 5.56 Å². The summed E-state index contributed by atoms with van der Waals surface area (Å²) >= 11 is 5.22. The highest BCUT2D eigenvalue weighted by molar-refractivity contribution is 9.09. The summed E-state index contributed by atoms with van der Waals surface area (Å²) in [5, 5.41) is 8.07. The predicted octanol–water partition coefficient (Wildman–Crippen LogP) is 4.13. The smallest absolute Gasteiger partial charge is 0.252 e. The lowest BCUT2D eigenvalue weighted by molar-refractivity contribution is 0.0922. The van der Waals surface area contributed by atoms with Crippen LogP contribution in [-0.4, -0.2) is 17.8 Å². The van der Waals surface area contributed by atoms with Crippen molar-refractivity contribution in [2.24, 2.45) is 5.41 Å². The topological polar surface area (TPSA) is 29.1 Å². The number of hydrogen-bond acceptors (Lipinski definition) is 2. The lowest BCUT2D eigenvalue weighted by atomic mass is 9.75. The van der Waals surface area contributed by atoms with Gasteiger partial charge in [0, 0.05) is 17.3 Å². The second-order valence-corrected chi connectivity index (χ2v) is 6.65. The molecule has 4 heteroatoms. The summed E-state index contributed by atoms with van der Waals surface area (Å²) in [6, 6.07) is 0. The standard InChI is InChI=1S/C14H20BrNOS/c1-11-7-18-8-12(11)13(17)16-10-14(9-15)5-3-2-4-6-14/h7-8H,2-6,9-10H2,1H3,(H,16,17). The highest BCUT2D eigenvalue weighted by Gasteiger charge is 2.31. The lowest BCUT2D eigenvalue weighted by Crippen LogP contribution is -2.40. The second kappa shape index (κ2) is 6.20. The van der Waals surface area contributed by atoms with E-state index in [0.717, 1.165) is 23.0 Å². The molecular weight excluding hydrogens is 310 g/mol. The number of thiophene rings is 1. The molecule has 1 amide bonds. The maximum Gasteiger partial charge on any atom is 0.252 e. The first-order valence-corrected chi connectivity index (χ1v) is 8.60. The molecule has 1 N–H and O–H groups in total. The van der Waals surface area contributed by atoms with Gasteiger partial charge in [0.25, 0.3) is 5.91 Å². The Morgan fingerprint density at radius 3 is 2.67 bits per heavy atom. The van der Waals surface area contributed by atoms with Crippen molar-refractivity contribution in [2.75, 3.05) is 11.9 Å². The third-order valence-corrected chi connectivity index (χ3v) is 5.97. The van der Waals surface area contributed by atoms with Crippen molar-refractivity contribution >= 4 is 33.2 Å². The van der Waals surface area contributed by atoms with Crippen LogP contribution in [0.3, 0.4) is 0 Å². The third kappa shape index (κ3) is 3.15. The van der Waals surface area contributed by atoms with E-state index in [1.165, 1.54) is 32.1 Å². The van der Waals surface area contributed by atoms with Crippen LogP contribution in [0, 0.1) is 12.3 Å². The highest BCUT2D eigenvalue weighted by atomic mass is 79.9. The maximum atomic E-state index is 12.1. The van der Waals surface area contributed by atoms with Crippen molar-refractivity contribution in [2.45, 2.75) is 39.0 Å². The Hall–Kier alpha value is -0.350. The van der Waals surface area contributed by atoms with Crippen LogP contribution in [0.4, 0.5) is 0 Å². The number of carbonyl (C=O) groups is 1. The van der Waals surface area contributed by atoms with Gasteiger partial charge in [-0.05, 0) is 36.1 Å².